The molecule has 2 atom stereocenters. The highest BCUT2D eigenvalue weighted by molar-refractivity contribution is 5.31. The van der Waals surface area contributed by atoms with Crippen LogP contribution in [0.2, 0.25) is 0 Å². The summed E-state index contributed by atoms with van der Waals surface area (Å²) in [5.74, 6) is 0. The van der Waals surface area contributed by atoms with Gasteiger partial charge in [0.15, 0.2) is 0 Å². The molecule has 1 aliphatic carbocycles. The number of hydrogen-bond donors (Lipinski definition) is 2. The molecular formula is C18H30N2O2. The van der Waals surface area contributed by atoms with E-state index in [4.69, 9.17) is 4.74 Å². The fourth-order valence-electron chi connectivity index (χ4n) is 2.96. The smallest absolute Gasteiger partial charge is 0.0897 e. The minimum absolute atomic E-state index is 0.147. The van der Waals surface area contributed by atoms with Crippen molar-refractivity contribution < 1.29 is 9.84 Å². The van der Waals surface area contributed by atoms with E-state index in [0.29, 0.717) is 13.2 Å². The van der Waals surface area contributed by atoms with Crippen molar-refractivity contribution in [2.45, 2.75) is 37.9 Å². The summed E-state index contributed by atoms with van der Waals surface area (Å²) in [5.41, 5.74) is 2.70. The molecule has 0 spiro atoms. The highest BCUT2D eigenvalue weighted by Crippen LogP contribution is 2.32. The largest absolute Gasteiger partial charge is 0.389 e. The number of rotatable bonds is 9. The zero-order valence-electron chi connectivity index (χ0n) is 13.9. The molecule has 1 aromatic carbocycles. The summed E-state index contributed by atoms with van der Waals surface area (Å²) in [7, 11) is 4.15. The zero-order valence-corrected chi connectivity index (χ0v) is 13.9. The van der Waals surface area contributed by atoms with Crippen molar-refractivity contribution in [2.24, 2.45) is 0 Å². The molecule has 1 aliphatic rings. The van der Waals surface area contributed by atoms with Gasteiger partial charge in [-0.25, -0.2) is 0 Å². The van der Waals surface area contributed by atoms with Gasteiger partial charge in [0.1, 0.15) is 0 Å². The Kier molecular flexibility index (Phi) is 7.33. The number of nitrogens with zero attached hydrogens (tertiary/aromatic N) is 1. The molecule has 2 rings (SSSR count). The Balaban J connectivity index is 1.66. The minimum atomic E-state index is -0.437. The highest BCUT2D eigenvalue weighted by Gasteiger charge is 2.21. The number of ether oxygens (including phenoxy) is 1. The van der Waals surface area contributed by atoms with Crippen LogP contribution in [0.4, 0.5) is 0 Å². The molecule has 124 valence electrons. The highest BCUT2D eigenvalue weighted by atomic mass is 16.5. The van der Waals surface area contributed by atoms with Crippen LogP contribution in [0.5, 0.6) is 0 Å². The Morgan fingerprint density at radius 2 is 2.18 bits per heavy atom. The second-order valence-corrected chi connectivity index (χ2v) is 6.43. The van der Waals surface area contributed by atoms with Crippen LogP contribution in [-0.4, -0.2) is 56.4 Å². The van der Waals surface area contributed by atoms with Gasteiger partial charge in [-0.2, -0.15) is 0 Å². The third-order valence-corrected chi connectivity index (χ3v) is 4.14. The van der Waals surface area contributed by atoms with Gasteiger partial charge in [0, 0.05) is 6.54 Å². The van der Waals surface area contributed by atoms with E-state index in [1.807, 2.05) is 0 Å². The van der Waals surface area contributed by atoms with Crippen LogP contribution in [0.25, 0.3) is 0 Å². The maximum atomic E-state index is 10.0. The van der Waals surface area contributed by atoms with Crippen molar-refractivity contribution in [3.63, 3.8) is 0 Å². The fraction of sp³-hybridized carbons (Fsp3) is 0.667. The fourth-order valence-corrected chi connectivity index (χ4v) is 2.96. The summed E-state index contributed by atoms with van der Waals surface area (Å²) < 4.78 is 5.97. The lowest BCUT2D eigenvalue weighted by atomic mass is 9.89. The van der Waals surface area contributed by atoms with Gasteiger partial charge in [-0.1, -0.05) is 24.3 Å². The van der Waals surface area contributed by atoms with E-state index in [1.54, 1.807) is 0 Å². The summed E-state index contributed by atoms with van der Waals surface area (Å²) >= 11 is 0. The minimum Gasteiger partial charge on any atom is -0.389 e. The normalized spacial score (nSPS) is 19.2. The van der Waals surface area contributed by atoms with Crippen LogP contribution in [0, 0.1) is 0 Å². The summed E-state index contributed by atoms with van der Waals surface area (Å²) in [6.45, 7) is 3.00. The maximum absolute atomic E-state index is 10.0. The van der Waals surface area contributed by atoms with E-state index in [0.717, 1.165) is 32.4 Å². The first-order valence-corrected chi connectivity index (χ1v) is 8.39. The second kappa shape index (κ2) is 9.26. The summed E-state index contributed by atoms with van der Waals surface area (Å²) in [6, 6.07) is 8.51. The summed E-state index contributed by atoms with van der Waals surface area (Å²) in [4.78, 5) is 2.17. The third-order valence-electron chi connectivity index (χ3n) is 4.14. The van der Waals surface area contributed by atoms with Crippen LogP contribution in [0.15, 0.2) is 24.3 Å². The van der Waals surface area contributed by atoms with E-state index < -0.39 is 6.10 Å². The van der Waals surface area contributed by atoms with Crippen molar-refractivity contribution in [1.29, 1.82) is 0 Å². The van der Waals surface area contributed by atoms with Crippen molar-refractivity contribution in [1.82, 2.24) is 10.2 Å². The Morgan fingerprint density at radius 3 is 3.00 bits per heavy atom. The SMILES string of the molecule is CN(C)CCCNC[C@@H](O)CO[C@H]1CCCc2ccccc21. The summed E-state index contributed by atoms with van der Waals surface area (Å²) in [6.07, 6.45) is 4.17. The lowest BCUT2D eigenvalue weighted by Crippen LogP contribution is -2.32. The molecule has 2 N–H and O–H groups in total. The first-order valence-electron chi connectivity index (χ1n) is 8.39. The quantitative estimate of drug-likeness (QED) is 0.685. The van der Waals surface area contributed by atoms with Gasteiger partial charge in [-0.05, 0) is 64.0 Å². The average molecular weight is 306 g/mol. The maximum Gasteiger partial charge on any atom is 0.0897 e. The lowest BCUT2D eigenvalue weighted by molar-refractivity contribution is -0.0166. The molecule has 22 heavy (non-hydrogen) atoms. The van der Waals surface area contributed by atoms with Gasteiger partial charge >= 0.3 is 0 Å². The Morgan fingerprint density at radius 1 is 1.36 bits per heavy atom. The lowest BCUT2D eigenvalue weighted by Gasteiger charge is -2.26. The summed E-state index contributed by atoms with van der Waals surface area (Å²) in [5, 5.41) is 13.3. The number of aryl methyl sites for hydroxylation is 1. The van der Waals surface area contributed by atoms with Crippen LogP contribution in [0.1, 0.15) is 36.5 Å². The molecule has 0 aromatic heterocycles. The predicted octanol–water partition coefficient (Wildman–Crippen LogP) is 1.98. The zero-order chi connectivity index (χ0) is 15.8. The number of benzene rings is 1. The van der Waals surface area contributed by atoms with Crippen LogP contribution >= 0.6 is 0 Å². The molecular weight excluding hydrogens is 276 g/mol. The molecule has 0 bridgehead atoms. The number of aliphatic hydroxyl groups excluding tert-OH is 1. The average Bonchev–Trinajstić information content (AvgIpc) is 2.52. The van der Waals surface area contributed by atoms with E-state index in [-0.39, 0.29) is 6.10 Å². The predicted molar refractivity (Wildman–Crippen MR) is 90.1 cm³/mol. The molecule has 0 amide bonds. The number of nitrogens with one attached hydrogen (secondary N) is 1. The van der Waals surface area contributed by atoms with E-state index in [1.165, 1.54) is 17.5 Å². The van der Waals surface area contributed by atoms with Gasteiger partial charge in [0.25, 0.3) is 0 Å². The van der Waals surface area contributed by atoms with E-state index in [9.17, 15) is 5.11 Å². The first-order chi connectivity index (χ1) is 10.7. The Bertz CT molecular complexity index is 437. The van der Waals surface area contributed by atoms with Gasteiger partial charge in [0.2, 0.25) is 0 Å². The van der Waals surface area contributed by atoms with E-state index in [2.05, 4.69) is 48.6 Å². The topological polar surface area (TPSA) is 44.7 Å². The molecule has 4 nitrogen and oxygen atoms in total. The number of aliphatic hydroxyl groups is 1. The van der Waals surface area contributed by atoms with Crippen LogP contribution < -0.4 is 5.32 Å². The molecule has 0 saturated heterocycles. The second-order valence-electron chi connectivity index (χ2n) is 6.43. The van der Waals surface area contributed by atoms with Gasteiger partial charge in [0.05, 0.1) is 18.8 Å². The monoisotopic (exact) mass is 306 g/mol. The molecule has 0 radical (unpaired) electrons. The first kappa shape index (κ1) is 17.4. The van der Waals surface area contributed by atoms with Crippen LogP contribution in [-0.2, 0) is 11.2 Å². The van der Waals surface area contributed by atoms with Crippen molar-refractivity contribution in [3.8, 4) is 0 Å². The Labute approximate surface area is 134 Å². The molecule has 0 aliphatic heterocycles. The van der Waals surface area contributed by atoms with Gasteiger partial charge in [-0.15, -0.1) is 0 Å². The van der Waals surface area contributed by atoms with Gasteiger partial charge < -0.3 is 20.1 Å². The molecule has 0 saturated carbocycles. The van der Waals surface area contributed by atoms with Crippen molar-refractivity contribution in [3.05, 3.63) is 35.4 Å². The standard InChI is InChI=1S/C18H30N2O2/c1-20(2)12-6-11-19-13-16(21)14-22-18-10-5-8-15-7-3-4-9-17(15)18/h3-4,7,9,16,18-19,21H,5-6,8,10-14H2,1-2H3/t16-,18+/m1/s1. The molecule has 0 heterocycles. The number of fused-ring (bicyclic) bond motifs is 1. The molecule has 0 unspecified atom stereocenters. The molecule has 4 heteroatoms. The molecule has 0 fully saturated rings. The van der Waals surface area contributed by atoms with Crippen LogP contribution in [0.3, 0.4) is 0 Å². The molecule has 1 aromatic rings. The third kappa shape index (κ3) is 5.69. The number of hydrogen-bond acceptors (Lipinski definition) is 4. The van der Waals surface area contributed by atoms with E-state index >= 15 is 0 Å². The van der Waals surface area contributed by atoms with Gasteiger partial charge in [-0.3, -0.25) is 0 Å². The van der Waals surface area contributed by atoms with Crippen molar-refractivity contribution in [2.75, 3.05) is 40.3 Å². The Hall–Kier alpha value is -0.940. The van der Waals surface area contributed by atoms with Crippen molar-refractivity contribution >= 4 is 0 Å².